The van der Waals surface area contributed by atoms with Crippen molar-refractivity contribution in [2.24, 2.45) is 11.1 Å². The molecule has 1 aliphatic carbocycles. The van der Waals surface area contributed by atoms with Gasteiger partial charge in [-0.3, -0.25) is 0 Å². The van der Waals surface area contributed by atoms with Crippen LogP contribution in [-0.2, 0) is 6.42 Å². The van der Waals surface area contributed by atoms with Crippen LogP contribution in [0.3, 0.4) is 0 Å². The molecule has 0 bridgehead atoms. The highest BCUT2D eigenvalue weighted by Gasteiger charge is 2.29. The van der Waals surface area contributed by atoms with Crippen LogP contribution in [0.2, 0.25) is 0 Å². The Balaban J connectivity index is 2.46. The molecule has 2 N–H and O–H groups in total. The Morgan fingerprint density at radius 1 is 1.36 bits per heavy atom. The highest BCUT2D eigenvalue weighted by molar-refractivity contribution is 5.36. The molecular formula is C13H19N. The molecule has 1 aromatic carbocycles. The van der Waals surface area contributed by atoms with E-state index in [1.807, 2.05) is 0 Å². The standard InChI is InChI=1S/C13H19N/c1-9-4-5-11-10(6-9)7-13(2,3)8-12(11)14/h4-6,12H,7-8,14H2,1-3H3. The minimum atomic E-state index is 0.231. The van der Waals surface area contributed by atoms with Crippen molar-refractivity contribution in [3.63, 3.8) is 0 Å². The minimum absolute atomic E-state index is 0.231. The van der Waals surface area contributed by atoms with Gasteiger partial charge in [0.25, 0.3) is 0 Å². The Labute approximate surface area is 86.3 Å². The lowest BCUT2D eigenvalue weighted by molar-refractivity contribution is 0.283. The van der Waals surface area contributed by atoms with Crippen molar-refractivity contribution >= 4 is 0 Å². The number of benzene rings is 1. The third-order valence-electron chi connectivity index (χ3n) is 3.14. The Hall–Kier alpha value is -0.820. The molecule has 0 amide bonds. The van der Waals surface area contributed by atoms with Gasteiger partial charge in [-0.15, -0.1) is 0 Å². The van der Waals surface area contributed by atoms with Gasteiger partial charge in [-0.25, -0.2) is 0 Å². The summed E-state index contributed by atoms with van der Waals surface area (Å²) < 4.78 is 0. The van der Waals surface area contributed by atoms with E-state index in [0.29, 0.717) is 5.41 Å². The summed E-state index contributed by atoms with van der Waals surface area (Å²) in [4.78, 5) is 0. The first-order valence-electron chi connectivity index (χ1n) is 5.33. The fourth-order valence-electron chi connectivity index (χ4n) is 2.54. The molecule has 0 aliphatic heterocycles. The van der Waals surface area contributed by atoms with Crippen LogP contribution in [0, 0.1) is 12.3 Å². The van der Waals surface area contributed by atoms with E-state index in [1.54, 1.807) is 0 Å². The third-order valence-corrected chi connectivity index (χ3v) is 3.14. The van der Waals surface area contributed by atoms with Crippen molar-refractivity contribution in [3.8, 4) is 0 Å². The zero-order valence-electron chi connectivity index (χ0n) is 9.30. The van der Waals surface area contributed by atoms with Crippen LogP contribution in [-0.4, -0.2) is 0 Å². The van der Waals surface area contributed by atoms with Crippen LogP contribution in [0.4, 0.5) is 0 Å². The maximum Gasteiger partial charge on any atom is 0.0302 e. The van der Waals surface area contributed by atoms with Crippen molar-refractivity contribution in [2.75, 3.05) is 0 Å². The Morgan fingerprint density at radius 3 is 2.79 bits per heavy atom. The maximum absolute atomic E-state index is 6.17. The summed E-state index contributed by atoms with van der Waals surface area (Å²) in [5, 5.41) is 0. The summed E-state index contributed by atoms with van der Waals surface area (Å²) in [7, 11) is 0. The fraction of sp³-hybridized carbons (Fsp3) is 0.538. The molecule has 0 heterocycles. The number of aryl methyl sites for hydroxylation is 1. The maximum atomic E-state index is 6.17. The van der Waals surface area contributed by atoms with E-state index in [2.05, 4.69) is 39.0 Å². The van der Waals surface area contributed by atoms with Gasteiger partial charge in [0.2, 0.25) is 0 Å². The third kappa shape index (κ3) is 1.69. The molecule has 76 valence electrons. The van der Waals surface area contributed by atoms with Crippen LogP contribution in [0.5, 0.6) is 0 Å². The van der Waals surface area contributed by atoms with Gasteiger partial charge >= 0.3 is 0 Å². The lowest BCUT2D eigenvalue weighted by atomic mass is 9.72. The lowest BCUT2D eigenvalue weighted by Crippen LogP contribution is -2.29. The summed E-state index contributed by atoms with van der Waals surface area (Å²) >= 11 is 0. The van der Waals surface area contributed by atoms with Crippen molar-refractivity contribution < 1.29 is 0 Å². The number of fused-ring (bicyclic) bond motifs is 1. The average Bonchev–Trinajstić information content (AvgIpc) is 2.00. The van der Waals surface area contributed by atoms with Crippen LogP contribution in [0.15, 0.2) is 18.2 Å². The highest BCUT2D eigenvalue weighted by Crippen LogP contribution is 2.39. The molecule has 1 nitrogen and oxygen atoms in total. The molecule has 1 aliphatic rings. The van der Waals surface area contributed by atoms with Gasteiger partial charge in [0, 0.05) is 6.04 Å². The smallest absolute Gasteiger partial charge is 0.0302 e. The number of hydrogen-bond donors (Lipinski definition) is 1. The van der Waals surface area contributed by atoms with E-state index in [-0.39, 0.29) is 6.04 Å². The molecule has 0 aromatic heterocycles. The first-order chi connectivity index (χ1) is 6.48. The number of hydrogen-bond acceptors (Lipinski definition) is 1. The molecule has 0 fully saturated rings. The second-order valence-corrected chi connectivity index (χ2v) is 5.35. The van der Waals surface area contributed by atoms with Crippen LogP contribution >= 0.6 is 0 Å². The summed E-state index contributed by atoms with van der Waals surface area (Å²) in [6.07, 6.45) is 2.26. The van der Waals surface area contributed by atoms with Gasteiger partial charge in [0.05, 0.1) is 0 Å². The van der Waals surface area contributed by atoms with E-state index < -0.39 is 0 Å². The molecular weight excluding hydrogens is 170 g/mol. The quantitative estimate of drug-likeness (QED) is 0.667. The highest BCUT2D eigenvalue weighted by atomic mass is 14.7. The predicted octanol–water partition coefficient (Wildman–Crippen LogP) is 2.97. The first-order valence-corrected chi connectivity index (χ1v) is 5.33. The van der Waals surface area contributed by atoms with Gasteiger partial charge in [-0.05, 0) is 36.3 Å². The van der Waals surface area contributed by atoms with E-state index in [0.717, 1.165) is 12.8 Å². The largest absolute Gasteiger partial charge is 0.324 e. The van der Waals surface area contributed by atoms with Crippen molar-refractivity contribution in [1.82, 2.24) is 0 Å². The van der Waals surface area contributed by atoms with E-state index in [9.17, 15) is 0 Å². The molecule has 1 atom stereocenters. The van der Waals surface area contributed by atoms with Crippen molar-refractivity contribution in [3.05, 3.63) is 34.9 Å². The van der Waals surface area contributed by atoms with Crippen LogP contribution < -0.4 is 5.73 Å². The van der Waals surface area contributed by atoms with Gasteiger partial charge < -0.3 is 5.73 Å². The summed E-state index contributed by atoms with van der Waals surface area (Å²) in [6.45, 7) is 6.75. The molecule has 0 spiro atoms. The zero-order chi connectivity index (χ0) is 10.3. The van der Waals surface area contributed by atoms with Crippen LogP contribution in [0.25, 0.3) is 0 Å². The first kappa shape index (κ1) is 9.72. The molecule has 2 rings (SSSR count). The normalized spacial score (nSPS) is 24.4. The second-order valence-electron chi connectivity index (χ2n) is 5.35. The molecule has 14 heavy (non-hydrogen) atoms. The zero-order valence-corrected chi connectivity index (χ0v) is 9.30. The molecule has 1 aromatic rings. The Kier molecular flexibility index (Phi) is 2.15. The Bertz CT molecular complexity index is 352. The van der Waals surface area contributed by atoms with Crippen molar-refractivity contribution in [2.45, 2.75) is 39.7 Å². The Morgan fingerprint density at radius 2 is 2.07 bits per heavy atom. The topological polar surface area (TPSA) is 26.0 Å². The second kappa shape index (κ2) is 3.09. The molecule has 0 saturated carbocycles. The van der Waals surface area contributed by atoms with Gasteiger partial charge in [0.15, 0.2) is 0 Å². The van der Waals surface area contributed by atoms with E-state index in [4.69, 9.17) is 5.73 Å². The molecule has 0 radical (unpaired) electrons. The number of nitrogens with two attached hydrogens (primary N) is 1. The molecule has 1 unspecified atom stereocenters. The number of rotatable bonds is 0. The van der Waals surface area contributed by atoms with Gasteiger partial charge in [0.1, 0.15) is 0 Å². The fourth-order valence-corrected chi connectivity index (χ4v) is 2.54. The lowest BCUT2D eigenvalue weighted by Gasteiger charge is -2.35. The average molecular weight is 189 g/mol. The molecule has 0 saturated heterocycles. The SMILES string of the molecule is Cc1ccc2c(c1)CC(C)(C)CC2N. The summed E-state index contributed by atoms with van der Waals surface area (Å²) in [5.41, 5.74) is 10.7. The van der Waals surface area contributed by atoms with Gasteiger partial charge in [-0.2, -0.15) is 0 Å². The van der Waals surface area contributed by atoms with Gasteiger partial charge in [-0.1, -0.05) is 37.6 Å². The molecule has 1 heteroatoms. The summed E-state index contributed by atoms with van der Waals surface area (Å²) in [6, 6.07) is 6.88. The van der Waals surface area contributed by atoms with Crippen molar-refractivity contribution in [1.29, 1.82) is 0 Å². The predicted molar refractivity (Wildman–Crippen MR) is 60.2 cm³/mol. The summed E-state index contributed by atoms with van der Waals surface area (Å²) in [5.74, 6) is 0. The van der Waals surface area contributed by atoms with Crippen LogP contribution in [0.1, 0.15) is 43.0 Å². The van der Waals surface area contributed by atoms with E-state index >= 15 is 0 Å². The monoisotopic (exact) mass is 189 g/mol. The minimum Gasteiger partial charge on any atom is -0.324 e. The van der Waals surface area contributed by atoms with E-state index in [1.165, 1.54) is 16.7 Å².